The van der Waals surface area contributed by atoms with Crippen LogP contribution in [0.5, 0.6) is 0 Å². The third-order valence-corrected chi connectivity index (χ3v) is 8.88. The fraction of sp³-hybridized carbons (Fsp3) is 0.850. The van der Waals surface area contributed by atoms with E-state index in [0.29, 0.717) is 31.6 Å². The molecule has 6 heteroatoms. The molecular weight excluding hydrogens is 336 g/mol. The summed E-state index contributed by atoms with van der Waals surface area (Å²) < 4.78 is 18.1. The summed E-state index contributed by atoms with van der Waals surface area (Å²) in [6, 6.07) is 0. The number of hydrogen-bond donors (Lipinski definition) is 2. The summed E-state index contributed by atoms with van der Waals surface area (Å²) in [5, 5.41) is 22.3. The van der Waals surface area contributed by atoms with E-state index in [1.807, 2.05) is 0 Å². The van der Waals surface area contributed by atoms with E-state index in [1.165, 1.54) is 0 Å². The number of ether oxygens (including phenoxy) is 3. The van der Waals surface area contributed by atoms with E-state index in [1.54, 1.807) is 0 Å². The molecular formula is C20H26O6. The van der Waals surface area contributed by atoms with Crippen LogP contribution in [0.25, 0.3) is 0 Å². The lowest BCUT2D eigenvalue weighted by atomic mass is 9.43. The van der Waals surface area contributed by atoms with Gasteiger partial charge in [-0.1, -0.05) is 13.5 Å². The van der Waals surface area contributed by atoms with Gasteiger partial charge < -0.3 is 24.4 Å². The molecule has 6 fully saturated rings. The molecule has 0 aromatic carbocycles. The van der Waals surface area contributed by atoms with E-state index >= 15 is 0 Å². The summed E-state index contributed by atoms with van der Waals surface area (Å²) in [5.74, 6) is -0.664. The van der Waals surface area contributed by atoms with Crippen LogP contribution in [-0.4, -0.2) is 54.0 Å². The van der Waals surface area contributed by atoms with Crippen LogP contribution in [0.15, 0.2) is 12.2 Å². The molecule has 3 heterocycles. The largest absolute Gasteiger partial charge is 0.461 e. The maximum atomic E-state index is 13.2. The Labute approximate surface area is 152 Å². The Morgan fingerprint density at radius 2 is 1.96 bits per heavy atom. The first-order chi connectivity index (χ1) is 12.3. The SMILES string of the molecule is C=C1[C@@H]2C[C@H](O)[C@@H]3[C@](C2)(C(=O)O[C@H]2CC[C@@]4(C)CO[C@@H]5OC[C@]23[C@H]54)[C@@H]1O. The smallest absolute Gasteiger partial charge is 0.315 e. The van der Waals surface area contributed by atoms with Gasteiger partial charge in [0.05, 0.1) is 25.4 Å². The van der Waals surface area contributed by atoms with Gasteiger partial charge in [0.25, 0.3) is 0 Å². The van der Waals surface area contributed by atoms with Crippen LogP contribution in [0.2, 0.25) is 0 Å². The molecule has 2 spiro atoms. The van der Waals surface area contributed by atoms with E-state index in [0.717, 1.165) is 12.8 Å². The predicted molar refractivity (Wildman–Crippen MR) is 88.6 cm³/mol. The van der Waals surface area contributed by atoms with Crippen molar-refractivity contribution in [1.82, 2.24) is 0 Å². The fourth-order valence-electron chi connectivity index (χ4n) is 7.96. The first kappa shape index (κ1) is 16.0. The Morgan fingerprint density at radius 3 is 2.77 bits per heavy atom. The number of hydrogen-bond acceptors (Lipinski definition) is 6. The van der Waals surface area contributed by atoms with Crippen molar-refractivity contribution in [3.63, 3.8) is 0 Å². The second-order valence-electron chi connectivity index (χ2n) is 9.87. The van der Waals surface area contributed by atoms with Gasteiger partial charge >= 0.3 is 5.97 Å². The highest BCUT2D eigenvalue weighted by atomic mass is 16.7. The van der Waals surface area contributed by atoms with Crippen LogP contribution >= 0.6 is 0 Å². The number of aliphatic hydroxyl groups excluding tert-OH is 2. The minimum absolute atomic E-state index is 0.0235. The minimum Gasteiger partial charge on any atom is -0.461 e. The zero-order valence-corrected chi connectivity index (χ0v) is 15.0. The predicted octanol–water partition coefficient (Wildman–Crippen LogP) is 1.01. The van der Waals surface area contributed by atoms with Crippen molar-refractivity contribution in [1.29, 1.82) is 0 Å². The molecule has 0 radical (unpaired) electrons. The molecule has 6 aliphatic rings. The van der Waals surface area contributed by atoms with Crippen LogP contribution in [0.4, 0.5) is 0 Å². The highest BCUT2D eigenvalue weighted by molar-refractivity contribution is 5.82. The highest BCUT2D eigenvalue weighted by Crippen LogP contribution is 2.73. The van der Waals surface area contributed by atoms with Crippen molar-refractivity contribution in [2.24, 2.45) is 34.0 Å². The standard InChI is InChI=1S/C20H26O6/c1-9-10-5-11(21)13-19(6-10,15(9)22)17(23)26-12-3-4-18(2)7-24-16-14(18)20(12,13)8-25-16/h10-16,21-22H,1,3-8H2,2H3/t10-,11+,12+,13-,14-,15-,16-,18+,19+,20+/m1/s1. The molecule has 0 aromatic heterocycles. The van der Waals surface area contributed by atoms with E-state index < -0.39 is 23.0 Å². The Balaban J connectivity index is 1.58. The van der Waals surface area contributed by atoms with Gasteiger partial charge in [0.15, 0.2) is 6.29 Å². The molecule has 0 unspecified atom stereocenters. The van der Waals surface area contributed by atoms with Crippen molar-refractivity contribution in [3.8, 4) is 0 Å². The first-order valence-electron chi connectivity index (χ1n) is 9.84. The molecule has 6 nitrogen and oxygen atoms in total. The summed E-state index contributed by atoms with van der Waals surface area (Å²) in [5.41, 5.74) is -0.942. The molecule has 0 amide bonds. The van der Waals surface area contributed by atoms with Gasteiger partial charge in [0.1, 0.15) is 11.5 Å². The average molecular weight is 362 g/mol. The normalized spacial score (nSPS) is 62.5. The van der Waals surface area contributed by atoms with E-state index in [9.17, 15) is 15.0 Å². The van der Waals surface area contributed by atoms with Gasteiger partial charge in [-0.15, -0.1) is 0 Å². The number of aliphatic hydroxyl groups is 2. The fourth-order valence-corrected chi connectivity index (χ4v) is 7.96. The topological polar surface area (TPSA) is 85.2 Å². The first-order valence-corrected chi connectivity index (χ1v) is 9.84. The number of rotatable bonds is 0. The van der Waals surface area contributed by atoms with Crippen molar-refractivity contribution in [3.05, 3.63) is 12.2 Å². The zero-order valence-electron chi connectivity index (χ0n) is 15.0. The van der Waals surface area contributed by atoms with Crippen LogP contribution in [0.3, 0.4) is 0 Å². The van der Waals surface area contributed by atoms with Gasteiger partial charge in [-0.25, -0.2) is 0 Å². The summed E-state index contributed by atoms with van der Waals surface area (Å²) in [6.07, 6.45) is 0.570. The second kappa shape index (κ2) is 4.54. The highest BCUT2D eigenvalue weighted by Gasteiger charge is 2.80. The van der Waals surface area contributed by atoms with E-state index in [2.05, 4.69) is 13.5 Å². The van der Waals surface area contributed by atoms with E-state index in [4.69, 9.17) is 14.2 Å². The lowest BCUT2D eigenvalue weighted by Gasteiger charge is -2.62. The van der Waals surface area contributed by atoms with Gasteiger partial charge in [0.2, 0.25) is 0 Å². The number of fused-ring (bicyclic) bond motifs is 1. The number of carbonyl (C=O) groups excluding carboxylic acids is 1. The Morgan fingerprint density at radius 1 is 1.19 bits per heavy atom. The molecule has 3 saturated heterocycles. The molecule has 0 aromatic rings. The monoisotopic (exact) mass is 362 g/mol. The molecule has 6 rings (SSSR count). The molecule has 2 N–H and O–H groups in total. The van der Waals surface area contributed by atoms with Crippen LogP contribution in [-0.2, 0) is 19.0 Å². The lowest BCUT2D eigenvalue weighted by molar-refractivity contribution is -0.259. The average Bonchev–Trinajstić information content (AvgIpc) is 3.22. The van der Waals surface area contributed by atoms with Crippen LogP contribution in [0, 0.1) is 34.0 Å². The Bertz CT molecular complexity index is 721. The molecule has 3 saturated carbocycles. The van der Waals surface area contributed by atoms with Gasteiger partial charge in [-0.05, 0) is 42.6 Å². The molecule has 10 atom stereocenters. The van der Waals surface area contributed by atoms with Crippen molar-refractivity contribution in [2.75, 3.05) is 13.2 Å². The molecule has 26 heavy (non-hydrogen) atoms. The van der Waals surface area contributed by atoms with Gasteiger partial charge in [0, 0.05) is 17.3 Å². The summed E-state index contributed by atoms with van der Waals surface area (Å²) in [7, 11) is 0. The van der Waals surface area contributed by atoms with Crippen LogP contribution in [0.1, 0.15) is 32.6 Å². The Hall–Kier alpha value is -0.950. The minimum atomic E-state index is -1.09. The van der Waals surface area contributed by atoms with Gasteiger partial charge in [-0.2, -0.15) is 0 Å². The van der Waals surface area contributed by atoms with Gasteiger partial charge in [-0.3, -0.25) is 4.79 Å². The summed E-state index contributed by atoms with van der Waals surface area (Å²) >= 11 is 0. The quantitative estimate of drug-likeness (QED) is 0.494. The third-order valence-electron chi connectivity index (χ3n) is 8.88. The summed E-state index contributed by atoms with van der Waals surface area (Å²) in [4.78, 5) is 13.2. The zero-order chi connectivity index (χ0) is 18.1. The number of carbonyl (C=O) groups is 1. The number of esters is 1. The van der Waals surface area contributed by atoms with Crippen LogP contribution < -0.4 is 0 Å². The molecule has 2 bridgehead atoms. The van der Waals surface area contributed by atoms with Crippen molar-refractivity contribution < 1.29 is 29.2 Å². The molecule has 142 valence electrons. The maximum absolute atomic E-state index is 13.2. The third kappa shape index (κ3) is 1.45. The van der Waals surface area contributed by atoms with Crippen molar-refractivity contribution in [2.45, 2.75) is 57.2 Å². The molecule has 3 aliphatic heterocycles. The lowest BCUT2D eigenvalue weighted by Crippen LogP contribution is -2.71. The second-order valence-corrected chi connectivity index (χ2v) is 9.87. The molecule has 3 aliphatic carbocycles. The maximum Gasteiger partial charge on any atom is 0.315 e. The van der Waals surface area contributed by atoms with E-state index in [-0.39, 0.29) is 41.5 Å². The van der Waals surface area contributed by atoms with Crippen molar-refractivity contribution >= 4 is 5.97 Å². The Kier molecular flexibility index (Phi) is 2.80. The summed E-state index contributed by atoms with van der Waals surface area (Å²) in [6.45, 7) is 7.34.